The summed E-state index contributed by atoms with van der Waals surface area (Å²) in [5.41, 5.74) is -0.00194. The van der Waals surface area contributed by atoms with Crippen molar-refractivity contribution in [3.05, 3.63) is 41.9 Å². The van der Waals surface area contributed by atoms with Crippen LogP contribution in [-0.4, -0.2) is 75.8 Å². The molecule has 3 aliphatic carbocycles. The summed E-state index contributed by atoms with van der Waals surface area (Å²) in [5, 5.41) is 13.4. The van der Waals surface area contributed by atoms with E-state index in [2.05, 4.69) is 33.0 Å². The normalized spacial score (nSPS) is 24.1. The van der Waals surface area contributed by atoms with E-state index in [4.69, 9.17) is 4.74 Å². The van der Waals surface area contributed by atoms with Gasteiger partial charge >= 0.3 is 6.09 Å². The molecule has 0 bridgehead atoms. The Morgan fingerprint density at radius 3 is 2.38 bits per heavy atom. The summed E-state index contributed by atoms with van der Waals surface area (Å²) in [6.07, 6.45) is 10.5. The molecule has 45 heavy (non-hydrogen) atoms. The number of hydrogen-bond donors (Lipinski definition) is 3. The van der Waals surface area contributed by atoms with Gasteiger partial charge in [0.05, 0.1) is 12.5 Å². The van der Waals surface area contributed by atoms with Crippen molar-refractivity contribution in [2.75, 3.05) is 25.5 Å². The molecule has 4 aliphatic rings. The monoisotopic (exact) mass is 619 g/mol. The Balaban J connectivity index is 1.28. The van der Waals surface area contributed by atoms with Crippen molar-refractivity contribution in [2.45, 2.75) is 82.7 Å². The molecule has 1 saturated heterocycles. The van der Waals surface area contributed by atoms with Gasteiger partial charge in [0.15, 0.2) is 0 Å². The van der Waals surface area contributed by atoms with Crippen molar-refractivity contribution in [3.63, 3.8) is 0 Å². The van der Waals surface area contributed by atoms with Gasteiger partial charge in [-0.3, -0.25) is 19.1 Å². The lowest BCUT2D eigenvalue weighted by Crippen LogP contribution is -2.54. The number of nitrogens with zero attached hydrogens (tertiary/aromatic N) is 4. The standard InChI is InChI=1S/C33H45N7O5/c1-20(21-8-9-21)36-30(43)33(14-17-40(19-33)31(44)45-4)23-10-15-34-25(18-23)37-29(42)27(38-28(41)24-11-16-35-39(24)3)26(22-6-5-7-22)32(2)12-13-32/h10-11,15-16,18,20-22,26-27H,5-9,12-14,17,19H2,1-4H3,(H,36,43)(H,38,41)(H,34,37,42)/t20?,26?,27-,33?/m0/s1. The summed E-state index contributed by atoms with van der Waals surface area (Å²) in [7, 11) is 3.03. The zero-order valence-electron chi connectivity index (χ0n) is 26.7. The fourth-order valence-electron chi connectivity index (χ4n) is 7.41. The molecule has 6 rings (SSSR count). The number of methoxy groups -OCH3 is 1. The number of carbonyl (C=O) groups excluding carboxylic acids is 4. The smallest absolute Gasteiger partial charge is 0.409 e. The minimum atomic E-state index is -1.02. The number of aromatic nitrogens is 3. The molecule has 3 N–H and O–H groups in total. The highest BCUT2D eigenvalue weighted by Gasteiger charge is 2.54. The molecule has 12 heteroatoms. The largest absolute Gasteiger partial charge is 0.453 e. The van der Waals surface area contributed by atoms with Gasteiger partial charge in [0.1, 0.15) is 17.6 Å². The fraction of sp³-hybridized carbons (Fsp3) is 0.636. The van der Waals surface area contributed by atoms with Gasteiger partial charge in [-0.15, -0.1) is 0 Å². The number of nitrogens with one attached hydrogen (secondary N) is 3. The predicted molar refractivity (Wildman–Crippen MR) is 166 cm³/mol. The Morgan fingerprint density at radius 2 is 1.78 bits per heavy atom. The topological polar surface area (TPSA) is 148 Å². The van der Waals surface area contributed by atoms with Crippen molar-refractivity contribution in [3.8, 4) is 0 Å². The van der Waals surface area contributed by atoms with Crippen molar-refractivity contribution < 1.29 is 23.9 Å². The van der Waals surface area contributed by atoms with Crippen LogP contribution in [0.3, 0.4) is 0 Å². The summed E-state index contributed by atoms with van der Waals surface area (Å²) >= 11 is 0. The lowest BCUT2D eigenvalue weighted by molar-refractivity contribution is -0.127. The van der Waals surface area contributed by atoms with E-state index in [1.165, 1.54) is 11.8 Å². The second-order valence-electron chi connectivity index (χ2n) is 13.9. The Bertz CT molecular complexity index is 1460. The SMILES string of the molecule is COC(=O)N1CCC(C(=O)NC(C)C2CC2)(c2ccnc(NC(=O)[C@@H](NC(=O)c3ccnn3C)C(C3CCC3)C3(C)CC3)c2)C1. The number of rotatable bonds is 11. The van der Waals surface area contributed by atoms with Gasteiger partial charge in [-0.25, -0.2) is 9.78 Å². The summed E-state index contributed by atoms with van der Waals surface area (Å²) in [6, 6.07) is 4.41. The molecule has 2 aromatic heterocycles. The van der Waals surface area contributed by atoms with Crippen LogP contribution in [0.1, 0.15) is 81.3 Å². The molecule has 1 aliphatic heterocycles. The third-order valence-corrected chi connectivity index (χ3v) is 10.9. The van der Waals surface area contributed by atoms with Crippen LogP contribution >= 0.6 is 0 Å². The van der Waals surface area contributed by atoms with Crippen LogP contribution < -0.4 is 16.0 Å². The molecular formula is C33H45N7O5. The third-order valence-electron chi connectivity index (χ3n) is 10.9. The van der Waals surface area contributed by atoms with Gasteiger partial charge < -0.3 is 25.6 Å². The zero-order valence-corrected chi connectivity index (χ0v) is 26.7. The first-order valence-corrected chi connectivity index (χ1v) is 16.2. The fourth-order valence-corrected chi connectivity index (χ4v) is 7.41. The van der Waals surface area contributed by atoms with E-state index in [-0.39, 0.29) is 41.6 Å². The van der Waals surface area contributed by atoms with Crippen LogP contribution in [0.15, 0.2) is 30.6 Å². The van der Waals surface area contributed by atoms with E-state index in [0.717, 1.165) is 44.9 Å². The molecular weight excluding hydrogens is 574 g/mol. The second kappa shape index (κ2) is 12.1. The molecule has 3 unspecified atom stereocenters. The highest BCUT2D eigenvalue weighted by Crippen LogP contribution is 2.58. The number of likely N-dealkylation sites (tertiary alicyclic amines) is 1. The van der Waals surface area contributed by atoms with E-state index < -0.39 is 17.6 Å². The molecule has 3 heterocycles. The van der Waals surface area contributed by atoms with E-state index in [9.17, 15) is 19.2 Å². The Hall–Kier alpha value is -3.96. The minimum absolute atomic E-state index is 0.0175. The average Bonchev–Trinajstić information content (AvgIpc) is 3.89. The molecule has 242 valence electrons. The van der Waals surface area contributed by atoms with Crippen LogP contribution in [0, 0.1) is 23.2 Å². The molecule has 2 aromatic rings. The van der Waals surface area contributed by atoms with E-state index in [1.807, 2.05) is 6.92 Å². The van der Waals surface area contributed by atoms with Gasteiger partial charge in [0, 0.05) is 38.6 Å². The maximum atomic E-state index is 14.2. The number of amides is 4. The number of carbonyl (C=O) groups is 4. The second-order valence-corrected chi connectivity index (χ2v) is 13.9. The van der Waals surface area contributed by atoms with Crippen LogP contribution in [0.2, 0.25) is 0 Å². The molecule has 0 radical (unpaired) electrons. The third kappa shape index (κ3) is 6.15. The van der Waals surface area contributed by atoms with Crippen LogP contribution in [0.25, 0.3) is 0 Å². The van der Waals surface area contributed by atoms with Crippen LogP contribution in [-0.2, 0) is 26.8 Å². The molecule has 0 aromatic carbocycles. The lowest BCUT2D eigenvalue weighted by atomic mass is 9.66. The number of pyridine rings is 1. The van der Waals surface area contributed by atoms with Gasteiger partial charge in [-0.1, -0.05) is 26.2 Å². The first-order valence-electron chi connectivity index (χ1n) is 16.2. The van der Waals surface area contributed by atoms with Crippen molar-refractivity contribution >= 4 is 29.6 Å². The first kappa shape index (κ1) is 31.0. The highest BCUT2D eigenvalue weighted by atomic mass is 16.5. The van der Waals surface area contributed by atoms with E-state index in [0.29, 0.717) is 41.9 Å². The van der Waals surface area contributed by atoms with Crippen LogP contribution in [0.5, 0.6) is 0 Å². The number of anilines is 1. The van der Waals surface area contributed by atoms with E-state index in [1.54, 1.807) is 42.5 Å². The Morgan fingerprint density at radius 1 is 1.02 bits per heavy atom. The summed E-state index contributed by atoms with van der Waals surface area (Å²) in [5.74, 6) is 0.267. The maximum Gasteiger partial charge on any atom is 0.409 e. The average molecular weight is 620 g/mol. The number of hydrogen-bond acceptors (Lipinski definition) is 7. The van der Waals surface area contributed by atoms with Gasteiger partial charge in [0.2, 0.25) is 11.8 Å². The molecule has 0 spiro atoms. The van der Waals surface area contributed by atoms with Gasteiger partial charge in [-0.2, -0.15) is 5.10 Å². The number of aryl methyl sites for hydroxylation is 1. The Kier molecular flexibility index (Phi) is 8.34. The summed E-state index contributed by atoms with van der Waals surface area (Å²) in [6.45, 7) is 4.76. The molecule has 4 atom stereocenters. The van der Waals surface area contributed by atoms with Gasteiger partial charge in [-0.05, 0) is 86.0 Å². The summed E-state index contributed by atoms with van der Waals surface area (Å²) < 4.78 is 6.48. The molecule has 4 fully saturated rings. The van der Waals surface area contributed by atoms with Crippen molar-refractivity contribution in [1.82, 2.24) is 30.3 Å². The van der Waals surface area contributed by atoms with Crippen molar-refractivity contribution in [1.29, 1.82) is 0 Å². The molecule has 4 amide bonds. The first-order chi connectivity index (χ1) is 21.5. The highest BCUT2D eigenvalue weighted by molar-refractivity contribution is 6.00. The maximum absolute atomic E-state index is 14.2. The Labute approximate surface area is 264 Å². The molecule has 12 nitrogen and oxygen atoms in total. The minimum Gasteiger partial charge on any atom is -0.453 e. The van der Waals surface area contributed by atoms with Gasteiger partial charge in [0.25, 0.3) is 5.91 Å². The van der Waals surface area contributed by atoms with E-state index >= 15 is 0 Å². The van der Waals surface area contributed by atoms with Crippen molar-refractivity contribution in [2.24, 2.45) is 30.2 Å². The predicted octanol–water partition coefficient (Wildman–Crippen LogP) is 3.39. The quantitative estimate of drug-likeness (QED) is 0.349. The zero-order chi connectivity index (χ0) is 31.9. The van der Waals surface area contributed by atoms with Crippen LogP contribution in [0.4, 0.5) is 10.6 Å². The molecule has 3 saturated carbocycles. The summed E-state index contributed by atoms with van der Waals surface area (Å²) in [4.78, 5) is 60.0. The lowest BCUT2D eigenvalue weighted by Gasteiger charge is -2.42. The number of ether oxygens (including phenoxy) is 1.